The number of hydrogen-bond donors (Lipinski definition) is 1. The van der Waals surface area contributed by atoms with E-state index in [9.17, 15) is 30.8 Å². The van der Waals surface area contributed by atoms with Gasteiger partial charge in [0.25, 0.3) is 5.91 Å². The number of rotatable bonds is 6. The molecule has 0 aliphatic rings. The van der Waals surface area contributed by atoms with Crippen LogP contribution in [0.15, 0.2) is 53.4 Å². The lowest BCUT2D eigenvalue weighted by atomic mass is 10.1. The van der Waals surface area contributed by atoms with E-state index in [1.165, 1.54) is 45.3 Å². The van der Waals surface area contributed by atoms with Crippen molar-refractivity contribution in [2.75, 3.05) is 14.1 Å². The Morgan fingerprint density at radius 1 is 1.06 bits per heavy atom. The number of aromatic nitrogens is 3. The van der Waals surface area contributed by atoms with Crippen molar-refractivity contribution in [2.24, 2.45) is 0 Å². The van der Waals surface area contributed by atoms with Crippen LogP contribution in [0.5, 0.6) is 0 Å². The third-order valence-corrected chi connectivity index (χ3v) is 6.56. The van der Waals surface area contributed by atoms with Crippen LogP contribution in [-0.2, 0) is 16.2 Å². The monoisotopic (exact) mass is 485 g/mol. The molecule has 0 saturated carbocycles. The van der Waals surface area contributed by atoms with E-state index >= 15 is 0 Å². The fourth-order valence-corrected chi connectivity index (χ4v) is 3.84. The molecule has 1 aromatic heterocycles. The molecule has 33 heavy (non-hydrogen) atoms. The first-order valence-corrected chi connectivity index (χ1v) is 10.9. The summed E-state index contributed by atoms with van der Waals surface area (Å²) in [5.41, 5.74) is -2.03. The first-order chi connectivity index (χ1) is 15.3. The second-order valence-corrected chi connectivity index (χ2v) is 9.38. The first kappa shape index (κ1) is 24.3. The van der Waals surface area contributed by atoms with Gasteiger partial charge in [0, 0.05) is 14.1 Å². The Kier molecular flexibility index (Phi) is 6.56. The van der Waals surface area contributed by atoms with E-state index in [2.05, 4.69) is 15.6 Å². The van der Waals surface area contributed by atoms with Crippen molar-refractivity contribution >= 4 is 15.9 Å². The van der Waals surface area contributed by atoms with Gasteiger partial charge in [-0.3, -0.25) is 4.79 Å². The maximum Gasteiger partial charge on any atom is 0.435 e. The minimum atomic E-state index is -4.98. The van der Waals surface area contributed by atoms with Gasteiger partial charge in [0.1, 0.15) is 5.82 Å². The Bertz CT molecular complexity index is 1250. The summed E-state index contributed by atoms with van der Waals surface area (Å²) < 4.78 is 80.1. The average Bonchev–Trinajstić information content (AvgIpc) is 3.20. The number of benzene rings is 2. The van der Waals surface area contributed by atoms with Crippen LogP contribution in [-0.4, -0.2) is 47.7 Å². The molecule has 3 rings (SSSR count). The Morgan fingerprint density at radius 2 is 1.64 bits per heavy atom. The highest BCUT2D eigenvalue weighted by Crippen LogP contribution is 2.33. The molecule has 2 aromatic carbocycles. The summed E-state index contributed by atoms with van der Waals surface area (Å²) in [5.74, 6) is -1.78. The topological polar surface area (TPSA) is 97.2 Å². The van der Waals surface area contributed by atoms with Gasteiger partial charge < -0.3 is 5.32 Å². The molecule has 1 unspecified atom stereocenters. The fourth-order valence-electron chi connectivity index (χ4n) is 2.94. The summed E-state index contributed by atoms with van der Waals surface area (Å²) in [4.78, 5) is 12.6. The molecule has 0 spiro atoms. The standard InChI is InChI=1S/C20H19F4N5O3S/c1-12(13-4-10-16(11-5-13)33(31,32)28(2)3)25-19(30)17-18(20(22,23)24)29(27-26-17)15-8-6-14(21)7-9-15/h4-12H,1-3H3,(H,25,30). The lowest BCUT2D eigenvalue weighted by Crippen LogP contribution is -2.29. The van der Waals surface area contributed by atoms with Crippen LogP contribution in [0.25, 0.3) is 5.69 Å². The van der Waals surface area contributed by atoms with Crippen LogP contribution in [0.4, 0.5) is 17.6 Å². The largest absolute Gasteiger partial charge is 0.435 e. The summed E-state index contributed by atoms with van der Waals surface area (Å²) in [5, 5.41) is 9.23. The van der Waals surface area contributed by atoms with Crippen molar-refractivity contribution in [3.8, 4) is 5.69 Å². The minimum Gasteiger partial charge on any atom is -0.344 e. The van der Waals surface area contributed by atoms with E-state index in [1.807, 2.05) is 0 Å². The second-order valence-electron chi connectivity index (χ2n) is 7.22. The van der Waals surface area contributed by atoms with E-state index in [1.54, 1.807) is 0 Å². The molecule has 8 nitrogen and oxygen atoms in total. The second kappa shape index (κ2) is 8.90. The van der Waals surface area contributed by atoms with Crippen molar-refractivity contribution in [1.29, 1.82) is 0 Å². The SMILES string of the molecule is CC(NC(=O)c1nnn(-c2ccc(F)cc2)c1C(F)(F)F)c1ccc(S(=O)(=O)N(C)C)cc1. The number of nitrogens with zero attached hydrogens (tertiary/aromatic N) is 4. The zero-order chi connectivity index (χ0) is 24.6. The number of carbonyl (C=O) groups is 1. The molecule has 1 heterocycles. The number of alkyl halides is 3. The van der Waals surface area contributed by atoms with Gasteiger partial charge in [0.05, 0.1) is 16.6 Å². The lowest BCUT2D eigenvalue weighted by molar-refractivity contribution is -0.143. The summed E-state index contributed by atoms with van der Waals surface area (Å²) in [6, 6.07) is 8.85. The van der Waals surface area contributed by atoms with E-state index in [0.717, 1.165) is 28.6 Å². The molecule has 1 amide bonds. The number of nitrogens with one attached hydrogen (secondary N) is 1. The Labute approximate surface area is 186 Å². The number of halogens is 4. The highest BCUT2D eigenvalue weighted by atomic mass is 32.2. The molecule has 0 aliphatic heterocycles. The highest BCUT2D eigenvalue weighted by Gasteiger charge is 2.42. The summed E-state index contributed by atoms with van der Waals surface area (Å²) in [7, 11) is -0.900. The van der Waals surface area contributed by atoms with E-state index in [-0.39, 0.29) is 10.6 Å². The smallest absolute Gasteiger partial charge is 0.344 e. The van der Waals surface area contributed by atoms with Crippen molar-refractivity contribution in [3.05, 3.63) is 71.3 Å². The van der Waals surface area contributed by atoms with E-state index in [0.29, 0.717) is 10.2 Å². The Balaban J connectivity index is 1.88. The lowest BCUT2D eigenvalue weighted by Gasteiger charge is -2.16. The number of carbonyl (C=O) groups excluding carboxylic acids is 1. The Morgan fingerprint density at radius 3 is 2.15 bits per heavy atom. The predicted octanol–water partition coefficient (Wildman–Crippen LogP) is 3.17. The zero-order valence-electron chi connectivity index (χ0n) is 17.6. The van der Waals surface area contributed by atoms with Gasteiger partial charge >= 0.3 is 6.18 Å². The first-order valence-electron chi connectivity index (χ1n) is 9.44. The van der Waals surface area contributed by atoms with E-state index < -0.39 is 45.4 Å². The zero-order valence-corrected chi connectivity index (χ0v) is 18.4. The van der Waals surface area contributed by atoms with Gasteiger partial charge in [0.15, 0.2) is 11.4 Å². The summed E-state index contributed by atoms with van der Waals surface area (Å²) >= 11 is 0. The molecule has 13 heteroatoms. The quantitative estimate of drug-likeness (QED) is 0.541. The summed E-state index contributed by atoms with van der Waals surface area (Å²) in [6.07, 6.45) is -4.98. The van der Waals surface area contributed by atoms with Gasteiger partial charge in [-0.15, -0.1) is 5.10 Å². The average molecular weight is 485 g/mol. The number of amides is 1. The normalized spacial score (nSPS) is 13.2. The molecule has 0 saturated heterocycles. The Hall–Kier alpha value is -3.32. The van der Waals surface area contributed by atoms with Crippen LogP contribution in [0, 0.1) is 5.82 Å². The van der Waals surface area contributed by atoms with Crippen molar-refractivity contribution in [1.82, 2.24) is 24.6 Å². The van der Waals surface area contributed by atoms with Crippen LogP contribution in [0.3, 0.4) is 0 Å². The molecule has 176 valence electrons. The van der Waals surface area contributed by atoms with Crippen molar-refractivity contribution in [2.45, 2.75) is 24.0 Å². The molecule has 1 atom stereocenters. The third kappa shape index (κ3) is 5.03. The molecule has 0 radical (unpaired) electrons. The molecule has 0 aliphatic carbocycles. The van der Waals surface area contributed by atoms with E-state index in [4.69, 9.17) is 0 Å². The molecule has 3 aromatic rings. The fraction of sp³-hybridized carbons (Fsp3) is 0.250. The van der Waals surface area contributed by atoms with Crippen LogP contribution in [0.1, 0.15) is 34.7 Å². The minimum absolute atomic E-state index is 0.0244. The van der Waals surface area contributed by atoms with Crippen LogP contribution >= 0.6 is 0 Å². The highest BCUT2D eigenvalue weighted by molar-refractivity contribution is 7.89. The maximum absolute atomic E-state index is 13.7. The van der Waals surface area contributed by atoms with Gasteiger partial charge in [-0.1, -0.05) is 17.3 Å². The third-order valence-electron chi connectivity index (χ3n) is 4.73. The molecule has 0 fully saturated rings. The van der Waals surface area contributed by atoms with Gasteiger partial charge in [-0.2, -0.15) is 13.2 Å². The van der Waals surface area contributed by atoms with Gasteiger partial charge in [0.2, 0.25) is 10.0 Å². The number of sulfonamides is 1. The van der Waals surface area contributed by atoms with Gasteiger partial charge in [-0.05, 0) is 48.9 Å². The molecule has 1 N–H and O–H groups in total. The molecular weight excluding hydrogens is 466 g/mol. The van der Waals surface area contributed by atoms with Gasteiger partial charge in [-0.25, -0.2) is 21.8 Å². The summed E-state index contributed by atoms with van der Waals surface area (Å²) in [6.45, 7) is 1.52. The number of hydrogen-bond acceptors (Lipinski definition) is 5. The van der Waals surface area contributed by atoms with Crippen molar-refractivity contribution in [3.63, 3.8) is 0 Å². The molecular formula is C20H19F4N5O3S. The maximum atomic E-state index is 13.7. The predicted molar refractivity (Wildman–Crippen MR) is 110 cm³/mol. The van der Waals surface area contributed by atoms with Crippen LogP contribution < -0.4 is 5.32 Å². The van der Waals surface area contributed by atoms with Crippen molar-refractivity contribution < 1.29 is 30.8 Å². The molecule has 0 bridgehead atoms. The van der Waals surface area contributed by atoms with Crippen LogP contribution in [0.2, 0.25) is 0 Å².